The number of para-hydroxylation sites is 1. The van der Waals surface area contributed by atoms with Crippen molar-refractivity contribution in [2.24, 2.45) is 11.8 Å². The van der Waals surface area contributed by atoms with E-state index in [0.29, 0.717) is 29.5 Å². The lowest BCUT2D eigenvalue weighted by Crippen LogP contribution is -2.39. The van der Waals surface area contributed by atoms with Gasteiger partial charge in [-0.25, -0.2) is 0 Å². The molecule has 0 aromatic heterocycles. The highest BCUT2D eigenvalue weighted by molar-refractivity contribution is 5.98. The van der Waals surface area contributed by atoms with E-state index in [1.807, 2.05) is 17.9 Å². The van der Waals surface area contributed by atoms with E-state index in [4.69, 9.17) is 10.5 Å². The monoisotopic (exact) mass is 290 g/mol. The summed E-state index contributed by atoms with van der Waals surface area (Å²) in [6, 6.07) is 5.39. The molecule has 1 heterocycles. The fourth-order valence-electron chi connectivity index (χ4n) is 2.97. The van der Waals surface area contributed by atoms with E-state index in [-0.39, 0.29) is 5.91 Å². The van der Waals surface area contributed by atoms with Crippen LogP contribution >= 0.6 is 0 Å². The van der Waals surface area contributed by atoms with E-state index in [1.54, 1.807) is 12.1 Å². The Morgan fingerprint density at radius 2 is 2.05 bits per heavy atom. The summed E-state index contributed by atoms with van der Waals surface area (Å²) in [5.41, 5.74) is 7.05. The second-order valence-electron chi connectivity index (χ2n) is 6.03. The maximum atomic E-state index is 12.7. The van der Waals surface area contributed by atoms with Gasteiger partial charge in [-0.2, -0.15) is 0 Å². The number of nitrogen functional groups attached to an aromatic ring is 1. The zero-order valence-electron chi connectivity index (χ0n) is 13.3. The number of piperidine rings is 1. The number of hydrogen-bond donors (Lipinski definition) is 1. The Balaban J connectivity index is 2.12. The zero-order valence-corrected chi connectivity index (χ0v) is 13.3. The minimum Gasteiger partial charge on any atom is -0.491 e. The van der Waals surface area contributed by atoms with Gasteiger partial charge in [-0.15, -0.1) is 0 Å². The van der Waals surface area contributed by atoms with Gasteiger partial charge in [-0.1, -0.05) is 19.9 Å². The number of carbonyl (C=O) groups is 1. The van der Waals surface area contributed by atoms with E-state index in [9.17, 15) is 4.79 Å². The van der Waals surface area contributed by atoms with Crippen molar-refractivity contribution in [3.05, 3.63) is 23.8 Å². The molecule has 0 aliphatic carbocycles. The first-order chi connectivity index (χ1) is 10.0. The first-order valence-electron chi connectivity index (χ1n) is 7.85. The molecule has 2 rings (SSSR count). The molecule has 0 saturated carbocycles. The van der Waals surface area contributed by atoms with Crippen LogP contribution in [0.3, 0.4) is 0 Å². The zero-order chi connectivity index (χ0) is 15.4. The Kier molecular flexibility index (Phi) is 5.10. The van der Waals surface area contributed by atoms with Crippen LogP contribution in [0.25, 0.3) is 0 Å². The van der Waals surface area contributed by atoms with Gasteiger partial charge in [-0.3, -0.25) is 4.79 Å². The molecule has 4 nitrogen and oxygen atoms in total. The van der Waals surface area contributed by atoms with Gasteiger partial charge < -0.3 is 15.4 Å². The molecule has 1 aliphatic heterocycles. The molecule has 1 amide bonds. The Morgan fingerprint density at radius 1 is 1.38 bits per heavy atom. The topological polar surface area (TPSA) is 55.6 Å². The molecule has 0 bridgehead atoms. The quantitative estimate of drug-likeness (QED) is 0.867. The maximum absolute atomic E-state index is 12.7. The Labute approximate surface area is 127 Å². The molecular formula is C17H26N2O2. The second-order valence-corrected chi connectivity index (χ2v) is 6.03. The van der Waals surface area contributed by atoms with Crippen LogP contribution in [0.15, 0.2) is 18.2 Å². The van der Waals surface area contributed by atoms with E-state index in [1.165, 1.54) is 0 Å². The highest BCUT2D eigenvalue weighted by Gasteiger charge is 2.27. The second kappa shape index (κ2) is 6.83. The van der Waals surface area contributed by atoms with E-state index in [0.717, 1.165) is 31.8 Å². The molecule has 1 saturated heterocycles. The third kappa shape index (κ3) is 3.49. The summed E-state index contributed by atoms with van der Waals surface area (Å²) in [7, 11) is 0. The molecule has 0 spiro atoms. The number of nitrogens with zero attached hydrogens (tertiary/aromatic N) is 1. The lowest BCUT2D eigenvalue weighted by Gasteiger charge is -2.34. The van der Waals surface area contributed by atoms with Crippen molar-refractivity contribution in [1.29, 1.82) is 0 Å². The Bertz CT molecular complexity index is 492. The number of ether oxygens (including phenoxy) is 1. The lowest BCUT2D eigenvalue weighted by atomic mass is 9.86. The van der Waals surface area contributed by atoms with Gasteiger partial charge in [0, 0.05) is 13.1 Å². The fraction of sp³-hybridized carbons (Fsp3) is 0.588. The largest absolute Gasteiger partial charge is 0.491 e. The molecule has 4 heteroatoms. The highest BCUT2D eigenvalue weighted by atomic mass is 16.5. The third-order valence-corrected chi connectivity index (χ3v) is 4.33. The summed E-state index contributed by atoms with van der Waals surface area (Å²) < 4.78 is 5.57. The molecule has 0 atom stereocenters. The summed E-state index contributed by atoms with van der Waals surface area (Å²) in [6.45, 7) is 8.56. The van der Waals surface area contributed by atoms with Crippen molar-refractivity contribution < 1.29 is 9.53 Å². The molecule has 2 N–H and O–H groups in total. The van der Waals surface area contributed by atoms with Crippen LogP contribution in [0.1, 0.15) is 44.0 Å². The van der Waals surface area contributed by atoms with Crippen LogP contribution in [0, 0.1) is 11.8 Å². The number of benzene rings is 1. The normalized spacial score (nSPS) is 16.3. The number of nitrogens with two attached hydrogens (primary N) is 1. The van der Waals surface area contributed by atoms with Gasteiger partial charge in [0.15, 0.2) is 5.75 Å². The predicted molar refractivity (Wildman–Crippen MR) is 85.5 cm³/mol. The molecule has 0 unspecified atom stereocenters. The van der Waals surface area contributed by atoms with Gasteiger partial charge in [-0.05, 0) is 43.7 Å². The third-order valence-electron chi connectivity index (χ3n) is 4.33. The van der Waals surface area contributed by atoms with Crippen molar-refractivity contribution in [2.75, 3.05) is 25.4 Å². The molecule has 116 valence electrons. The SMILES string of the molecule is CCOc1c(N)cccc1C(=O)N1CCC(C(C)C)CC1. The average molecular weight is 290 g/mol. The molecule has 1 aromatic rings. The van der Waals surface area contributed by atoms with Crippen molar-refractivity contribution >= 4 is 11.6 Å². The van der Waals surface area contributed by atoms with Gasteiger partial charge in [0.2, 0.25) is 0 Å². The summed E-state index contributed by atoms with van der Waals surface area (Å²) in [4.78, 5) is 14.6. The number of anilines is 1. The maximum Gasteiger partial charge on any atom is 0.257 e. The smallest absolute Gasteiger partial charge is 0.257 e. The summed E-state index contributed by atoms with van der Waals surface area (Å²) in [6.07, 6.45) is 2.16. The number of likely N-dealkylation sites (tertiary alicyclic amines) is 1. The van der Waals surface area contributed by atoms with Crippen LogP contribution in [0.4, 0.5) is 5.69 Å². The summed E-state index contributed by atoms with van der Waals surface area (Å²) in [5.74, 6) is 1.97. The lowest BCUT2D eigenvalue weighted by molar-refractivity contribution is 0.0664. The average Bonchev–Trinajstić information content (AvgIpc) is 2.49. The minimum absolute atomic E-state index is 0.0351. The molecule has 1 fully saturated rings. The van der Waals surface area contributed by atoms with Crippen molar-refractivity contribution in [2.45, 2.75) is 33.6 Å². The standard InChI is InChI=1S/C17H26N2O2/c1-4-21-16-14(6-5-7-15(16)18)17(20)19-10-8-13(9-11-19)12(2)3/h5-7,12-13H,4,8-11,18H2,1-3H3. The number of carbonyl (C=O) groups excluding carboxylic acids is 1. The van der Waals surface area contributed by atoms with Gasteiger partial charge in [0.1, 0.15) is 0 Å². The summed E-state index contributed by atoms with van der Waals surface area (Å²) in [5, 5.41) is 0. The Morgan fingerprint density at radius 3 is 2.62 bits per heavy atom. The first kappa shape index (κ1) is 15.7. The molecular weight excluding hydrogens is 264 g/mol. The van der Waals surface area contributed by atoms with Gasteiger partial charge in [0.05, 0.1) is 17.9 Å². The van der Waals surface area contributed by atoms with Crippen LogP contribution in [0.2, 0.25) is 0 Å². The van der Waals surface area contributed by atoms with E-state index >= 15 is 0 Å². The van der Waals surface area contributed by atoms with Crippen molar-refractivity contribution in [3.8, 4) is 5.75 Å². The van der Waals surface area contributed by atoms with Gasteiger partial charge >= 0.3 is 0 Å². The number of hydrogen-bond acceptors (Lipinski definition) is 3. The van der Waals surface area contributed by atoms with Crippen molar-refractivity contribution in [1.82, 2.24) is 4.90 Å². The van der Waals surface area contributed by atoms with E-state index < -0.39 is 0 Å². The van der Waals surface area contributed by atoms with Gasteiger partial charge in [0.25, 0.3) is 5.91 Å². The first-order valence-corrected chi connectivity index (χ1v) is 7.85. The van der Waals surface area contributed by atoms with Crippen LogP contribution in [0.5, 0.6) is 5.75 Å². The molecule has 21 heavy (non-hydrogen) atoms. The van der Waals surface area contributed by atoms with Crippen LogP contribution < -0.4 is 10.5 Å². The number of rotatable bonds is 4. The van der Waals surface area contributed by atoms with E-state index in [2.05, 4.69) is 13.8 Å². The van der Waals surface area contributed by atoms with Crippen LogP contribution in [-0.4, -0.2) is 30.5 Å². The summed E-state index contributed by atoms with van der Waals surface area (Å²) >= 11 is 0. The predicted octanol–water partition coefficient (Wildman–Crippen LogP) is 3.18. The number of amides is 1. The fourth-order valence-corrected chi connectivity index (χ4v) is 2.97. The molecule has 1 aromatic carbocycles. The molecule has 1 aliphatic rings. The highest BCUT2D eigenvalue weighted by Crippen LogP contribution is 2.30. The minimum atomic E-state index is 0.0351. The van der Waals surface area contributed by atoms with Crippen molar-refractivity contribution in [3.63, 3.8) is 0 Å². The Hall–Kier alpha value is -1.71. The molecule has 0 radical (unpaired) electrons. The van der Waals surface area contributed by atoms with Crippen LogP contribution in [-0.2, 0) is 0 Å².